The number of benzene rings is 2. The van der Waals surface area contributed by atoms with E-state index in [0.717, 1.165) is 48.6 Å². The lowest BCUT2D eigenvalue weighted by Crippen LogP contribution is -2.18. The molecule has 0 unspecified atom stereocenters. The van der Waals surface area contributed by atoms with Gasteiger partial charge in [-0.05, 0) is 41.5 Å². The fraction of sp³-hybridized carbons (Fsp3) is 0.160. The van der Waals surface area contributed by atoms with Gasteiger partial charge in [0.15, 0.2) is 5.82 Å². The minimum Gasteiger partial charge on any atom is -0.469 e. The van der Waals surface area contributed by atoms with Crippen molar-refractivity contribution in [2.24, 2.45) is 0 Å². The Hall–Kier alpha value is -3.75. The third kappa shape index (κ3) is 4.72. The lowest BCUT2D eigenvalue weighted by atomic mass is 10.1. The van der Waals surface area contributed by atoms with Gasteiger partial charge < -0.3 is 20.4 Å². The second-order valence-corrected chi connectivity index (χ2v) is 8.70. The molecule has 7 nitrogen and oxygen atoms in total. The van der Waals surface area contributed by atoms with Crippen molar-refractivity contribution in [2.45, 2.75) is 13.0 Å². The summed E-state index contributed by atoms with van der Waals surface area (Å²) in [6, 6.07) is 18.8. The Labute approximate surface area is 194 Å². The number of methoxy groups -OCH3 is 1. The summed E-state index contributed by atoms with van der Waals surface area (Å²) in [5, 5.41) is 7.86. The Morgan fingerprint density at radius 2 is 1.97 bits per heavy atom. The highest BCUT2D eigenvalue weighted by Crippen LogP contribution is 2.36. The van der Waals surface area contributed by atoms with Crippen LogP contribution in [0.5, 0.6) is 0 Å². The first-order chi connectivity index (χ1) is 16.2. The van der Waals surface area contributed by atoms with E-state index in [-0.39, 0.29) is 5.97 Å². The highest BCUT2D eigenvalue weighted by atomic mass is 32.1. The summed E-state index contributed by atoms with van der Waals surface area (Å²) < 4.78 is 5.68. The number of esters is 1. The standard InChI is InChI=1S/C25H23N5O2S/c1-32-23(31)9-10-26-14-16-2-4-17(5-3-16)22-13-21-24(33-22)25(29-15-28-21)30-19-6-7-20-18(12-19)8-11-27-20/h2-8,11-13,15,26-27H,9-10,14H2,1H3,(H,28,29,30). The van der Waals surface area contributed by atoms with Gasteiger partial charge >= 0.3 is 5.97 Å². The van der Waals surface area contributed by atoms with Crippen molar-refractivity contribution in [3.05, 3.63) is 72.7 Å². The summed E-state index contributed by atoms with van der Waals surface area (Å²) in [4.78, 5) is 24.5. The molecule has 166 valence electrons. The first-order valence-electron chi connectivity index (χ1n) is 10.7. The number of nitrogens with zero attached hydrogens (tertiary/aromatic N) is 2. The average molecular weight is 458 g/mol. The largest absolute Gasteiger partial charge is 0.469 e. The van der Waals surface area contributed by atoms with Crippen molar-refractivity contribution >= 4 is 49.9 Å². The second-order valence-electron chi connectivity index (χ2n) is 7.65. The number of aromatic amines is 1. The number of anilines is 2. The van der Waals surface area contributed by atoms with Crippen LogP contribution in [0.3, 0.4) is 0 Å². The predicted octanol–water partition coefficient (Wildman–Crippen LogP) is 5.24. The Morgan fingerprint density at radius 3 is 2.82 bits per heavy atom. The van der Waals surface area contributed by atoms with E-state index in [4.69, 9.17) is 0 Å². The molecule has 0 saturated heterocycles. The van der Waals surface area contributed by atoms with Crippen molar-refractivity contribution in [1.29, 1.82) is 0 Å². The number of hydrogen-bond acceptors (Lipinski definition) is 7. The first kappa shape index (κ1) is 21.1. The minimum absolute atomic E-state index is 0.204. The Bertz CT molecular complexity index is 1410. The molecule has 0 radical (unpaired) electrons. The molecule has 0 aliphatic heterocycles. The molecule has 0 aliphatic rings. The molecule has 0 fully saturated rings. The smallest absolute Gasteiger partial charge is 0.306 e. The lowest BCUT2D eigenvalue weighted by molar-refractivity contribution is -0.140. The number of H-pyrrole nitrogens is 1. The van der Waals surface area contributed by atoms with Gasteiger partial charge in [0.2, 0.25) is 0 Å². The van der Waals surface area contributed by atoms with Gasteiger partial charge in [-0.15, -0.1) is 11.3 Å². The molecule has 3 N–H and O–H groups in total. The maximum Gasteiger partial charge on any atom is 0.306 e. The van der Waals surface area contributed by atoms with Crippen LogP contribution in [-0.2, 0) is 16.1 Å². The van der Waals surface area contributed by atoms with Gasteiger partial charge in [0, 0.05) is 40.8 Å². The maximum absolute atomic E-state index is 11.2. The van der Waals surface area contributed by atoms with Crippen molar-refractivity contribution in [3.63, 3.8) is 0 Å². The van der Waals surface area contributed by atoms with E-state index in [9.17, 15) is 4.79 Å². The molecule has 0 saturated carbocycles. The van der Waals surface area contributed by atoms with E-state index in [1.807, 2.05) is 12.3 Å². The van der Waals surface area contributed by atoms with Gasteiger partial charge in [0.05, 0.1) is 23.7 Å². The number of nitrogens with one attached hydrogen (secondary N) is 3. The summed E-state index contributed by atoms with van der Waals surface area (Å²) in [6.45, 7) is 1.30. The summed E-state index contributed by atoms with van der Waals surface area (Å²) in [5.74, 6) is 0.599. The number of carbonyl (C=O) groups is 1. The van der Waals surface area contributed by atoms with Crippen molar-refractivity contribution in [3.8, 4) is 10.4 Å². The number of thiophene rings is 1. The Balaban J connectivity index is 1.31. The van der Waals surface area contributed by atoms with Crippen LogP contribution in [0.1, 0.15) is 12.0 Å². The minimum atomic E-state index is -0.204. The summed E-state index contributed by atoms with van der Waals surface area (Å²) in [7, 11) is 1.40. The van der Waals surface area contributed by atoms with E-state index in [2.05, 4.69) is 78.9 Å². The number of aromatic nitrogens is 3. The molecule has 5 aromatic rings. The molecule has 33 heavy (non-hydrogen) atoms. The summed E-state index contributed by atoms with van der Waals surface area (Å²) in [6.07, 6.45) is 3.90. The molecule has 8 heteroatoms. The van der Waals surface area contributed by atoms with Crippen LogP contribution in [0.2, 0.25) is 0 Å². The van der Waals surface area contributed by atoms with E-state index in [1.165, 1.54) is 7.11 Å². The summed E-state index contributed by atoms with van der Waals surface area (Å²) >= 11 is 1.67. The molecule has 3 aromatic heterocycles. The van der Waals surface area contributed by atoms with E-state index >= 15 is 0 Å². The monoisotopic (exact) mass is 457 g/mol. The van der Waals surface area contributed by atoms with E-state index < -0.39 is 0 Å². The van der Waals surface area contributed by atoms with Crippen LogP contribution in [0.15, 0.2) is 67.1 Å². The zero-order valence-corrected chi connectivity index (χ0v) is 18.9. The fourth-order valence-corrected chi connectivity index (χ4v) is 4.73. The molecule has 2 aromatic carbocycles. The van der Waals surface area contributed by atoms with Crippen molar-refractivity contribution < 1.29 is 9.53 Å². The number of rotatable bonds is 8. The second kappa shape index (κ2) is 9.40. The van der Waals surface area contributed by atoms with E-state index in [1.54, 1.807) is 17.7 Å². The molecular formula is C25H23N5O2S. The molecule has 0 amide bonds. The molecule has 0 bridgehead atoms. The van der Waals surface area contributed by atoms with Gasteiger partial charge in [0.1, 0.15) is 6.33 Å². The highest BCUT2D eigenvalue weighted by molar-refractivity contribution is 7.22. The topological polar surface area (TPSA) is 91.9 Å². The normalized spacial score (nSPS) is 11.2. The van der Waals surface area contributed by atoms with Crippen molar-refractivity contribution in [1.82, 2.24) is 20.3 Å². The highest BCUT2D eigenvalue weighted by Gasteiger charge is 2.11. The SMILES string of the molecule is COC(=O)CCNCc1ccc(-c2cc3ncnc(Nc4ccc5[nH]ccc5c4)c3s2)cc1. The number of fused-ring (bicyclic) bond motifs is 2. The average Bonchev–Trinajstić information content (AvgIpc) is 3.49. The van der Waals surface area contributed by atoms with Gasteiger partial charge in [-0.2, -0.15) is 0 Å². The van der Waals surface area contributed by atoms with Crippen molar-refractivity contribution in [2.75, 3.05) is 19.0 Å². The zero-order chi connectivity index (χ0) is 22.6. The third-order valence-corrected chi connectivity index (χ3v) is 6.61. The van der Waals surface area contributed by atoms with Gasteiger partial charge in [-0.25, -0.2) is 9.97 Å². The number of carbonyl (C=O) groups excluding carboxylic acids is 1. The molecule has 3 heterocycles. The molecule has 0 atom stereocenters. The van der Waals surface area contributed by atoms with Gasteiger partial charge in [-0.3, -0.25) is 4.79 Å². The third-order valence-electron chi connectivity index (χ3n) is 5.43. The predicted molar refractivity (Wildman–Crippen MR) is 133 cm³/mol. The molecular weight excluding hydrogens is 434 g/mol. The van der Waals surface area contributed by atoms with Crippen LogP contribution in [-0.4, -0.2) is 34.6 Å². The van der Waals surface area contributed by atoms with Gasteiger partial charge in [-0.1, -0.05) is 24.3 Å². The fourth-order valence-electron chi connectivity index (χ4n) is 3.67. The van der Waals surface area contributed by atoms with Crippen LogP contribution >= 0.6 is 11.3 Å². The summed E-state index contributed by atoms with van der Waals surface area (Å²) in [5.41, 5.74) is 5.31. The van der Waals surface area contributed by atoms with Gasteiger partial charge in [0.25, 0.3) is 0 Å². The van der Waals surface area contributed by atoms with E-state index in [0.29, 0.717) is 19.5 Å². The Kier molecular flexibility index (Phi) is 6.01. The Morgan fingerprint density at radius 1 is 1.09 bits per heavy atom. The van der Waals surface area contributed by atoms with Crippen LogP contribution in [0, 0.1) is 0 Å². The quantitative estimate of drug-likeness (QED) is 0.218. The van der Waals surface area contributed by atoms with Crippen LogP contribution in [0.25, 0.3) is 31.6 Å². The maximum atomic E-state index is 11.2. The van der Waals surface area contributed by atoms with Crippen LogP contribution < -0.4 is 10.6 Å². The first-order valence-corrected chi connectivity index (χ1v) is 11.5. The number of ether oxygens (including phenoxy) is 1. The number of hydrogen-bond donors (Lipinski definition) is 3. The lowest BCUT2D eigenvalue weighted by Gasteiger charge is -2.06. The molecule has 0 spiro atoms. The zero-order valence-electron chi connectivity index (χ0n) is 18.1. The van der Waals surface area contributed by atoms with Crippen LogP contribution in [0.4, 0.5) is 11.5 Å². The molecule has 5 rings (SSSR count). The molecule has 0 aliphatic carbocycles.